The van der Waals surface area contributed by atoms with E-state index in [2.05, 4.69) is 17.4 Å². The topological polar surface area (TPSA) is 108 Å². The van der Waals surface area contributed by atoms with Crippen molar-refractivity contribution in [3.8, 4) is 0 Å². The van der Waals surface area contributed by atoms with E-state index in [1.165, 1.54) is 11.6 Å². The maximum atomic E-state index is 13.4. The van der Waals surface area contributed by atoms with Crippen LogP contribution in [0.5, 0.6) is 0 Å². The molecule has 6 nitrogen and oxygen atoms in total. The zero-order valence-electron chi connectivity index (χ0n) is 21.4. The zero-order valence-corrected chi connectivity index (χ0v) is 21.4. The first-order valence-electron chi connectivity index (χ1n) is 13.0. The molecule has 2 unspecified atom stereocenters. The van der Waals surface area contributed by atoms with Gasteiger partial charge in [-0.3, -0.25) is 4.79 Å². The lowest BCUT2D eigenvalue weighted by Gasteiger charge is -2.31. The Bertz CT molecular complexity index is 1040. The van der Waals surface area contributed by atoms with E-state index >= 15 is 0 Å². The van der Waals surface area contributed by atoms with Gasteiger partial charge in [-0.15, -0.1) is 0 Å². The molecular weight excluding hydrogens is 483 g/mol. The maximum Gasteiger partial charge on any atom is 0.416 e. The van der Waals surface area contributed by atoms with Gasteiger partial charge in [-0.1, -0.05) is 43.5 Å². The van der Waals surface area contributed by atoms with Crippen molar-refractivity contribution in [1.29, 1.82) is 0 Å². The zero-order chi connectivity index (χ0) is 27.1. The second-order valence-electron chi connectivity index (χ2n) is 10.5. The number of carboxylic acids is 1. The van der Waals surface area contributed by atoms with Crippen molar-refractivity contribution < 1.29 is 28.2 Å². The van der Waals surface area contributed by atoms with Crippen LogP contribution in [0.4, 0.5) is 19.0 Å². The van der Waals surface area contributed by atoms with E-state index in [0.29, 0.717) is 18.4 Å². The Labute approximate surface area is 216 Å². The van der Waals surface area contributed by atoms with Gasteiger partial charge in [-0.05, 0) is 74.6 Å². The molecular formula is C28H38F3N3O3. The summed E-state index contributed by atoms with van der Waals surface area (Å²) >= 11 is 0. The summed E-state index contributed by atoms with van der Waals surface area (Å²) < 4.78 is 40.1. The summed E-state index contributed by atoms with van der Waals surface area (Å²) in [6.07, 6.45) is 2.18. The van der Waals surface area contributed by atoms with Crippen molar-refractivity contribution in [2.45, 2.75) is 82.3 Å². The third-order valence-electron chi connectivity index (χ3n) is 7.14. The van der Waals surface area contributed by atoms with Crippen LogP contribution in [-0.4, -0.2) is 39.9 Å². The monoisotopic (exact) mass is 521 g/mol. The van der Waals surface area contributed by atoms with Crippen LogP contribution in [0.15, 0.2) is 36.4 Å². The van der Waals surface area contributed by atoms with Crippen LogP contribution in [-0.2, 0) is 23.8 Å². The average molecular weight is 522 g/mol. The maximum absolute atomic E-state index is 13.4. The highest BCUT2D eigenvalue weighted by Gasteiger charge is 2.36. The highest BCUT2D eigenvalue weighted by atomic mass is 19.4. The first-order chi connectivity index (χ1) is 17.5. The molecule has 2 aromatic rings. The molecule has 1 aliphatic heterocycles. The van der Waals surface area contributed by atoms with Crippen molar-refractivity contribution in [3.05, 3.63) is 58.8 Å². The second-order valence-corrected chi connectivity index (χ2v) is 10.5. The van der Waals surface area contributed by atoms with Gasteiger partial charge in [-0.25, -0.2) is 4.98 Å². The van der Waals surface area contributed by atoms with Crippen molar-refractivity contribution in [3.63, 3.8) is 0 Å². The Morgan fingerprint density at radius 2 is 1.92 bits per heavy atom. The number of anilines is 1. The standard InChI is InChI=1S/C28H38F3N3O3/c1-27(32,18-35)17-24(26(36)37)23(20-8-6-10-21(16-20)28(29,30)31)12-5-3-2-4-11-22-14-13-19-9-7-15-33-25(19)34-22/h6,8,10,13-14,16,23-24,35H,2-5,7,9,11-12,15,17-18,32H2,1H3,(H,33,34)(H,36,37)/t23-,24?,27?/m1/s1. The Hall–Kier alpha value is -2.65. The number of unbranched alkanes of at least 4 members (excludes halogenated alkanes) is 3. The molecule has 5 N–H and O–H groups in total. The highest BCUT2D eigenvalue weighted by Crippen LogP contribution is 2.38. The molecule has 1 aliphatic rings. The molecule has 1 aromatic heterocycles. The molecule has 0 radical (unpaired) electrons. The number of nitrogens with one attached hydrogen (secondary N) is 1. The summed E-state index contributed by atoms with van der Waals surface area (Å²) in [5.41, 5.74) is 6.72. The number of aryl methyl sites for hydroxylation is 2. The van der Waals surface area contributed by atoms with Crippen LogP contribution in [0, 0.1) is 5.92 Å². The number of alkyl halides is 3. The smallest absolute Gasteiger partial charge is 0.416 e. The number of hydrogen-bond donors (Lipinski definition) is 4. The number of aliphatic hydroxyl groups is 1. The van der Waals surface area contributed by atoms with Gasteiger partial charge in [0.2, 0.25) is 0 Å². The predicted molar refractivity (Wildman–Crippen MR) is 137 cm³/mol. The molecule has 0 fully saturated rings. The van der Waals surface area contributed by atoms with Gasteiger partial charge in [0, 0.05) is 17.8 Å². The fourth-order valence-corrected chi connectivity index (χ4v) is 5.05. The summed E-state index contributed by atoms with van der Waals surface area (Å²) in [5.74, 6) is -1.82. The number of nitrogens with two attached hydrogens (primary N) is 1. The average Bonchev–Trinajstić information content (AvgIpc) is 2.86. The van der Waals surface area contributed by atoms with E-state index in [1.807, 2.05) is 0 Å². The van der Waals surface area contributed by atoms with Gasteiger partial charge in [0.25, 0.3) is 0 Å². The van der Waals surface area contributed by atoms with E-state index in [0.717, 1.165) is 68.7 Å². The van der Waals surface area contributed by atoms with Gasteiger partial charge in [0.05, 0.1) is 18.1 Å². The second kappa shape index (κ2) is 12.7. The summed E-state index contributed by atoms with van der Waals surface area (Å²) in [5, 5.41) is 22.9. The lowest BCUT2D eigenvalue weighted by molar-refractivity contribution is -0.143. The van der Waals surface area contributed by atoms with Crippen LogP contribution < -0.4 is 11.1 Å². The minimum Gasteiger partial charge on any atom is -0.481 e. The van der Waals surface area contributed by atoms with E-state index in [-0.39, 0.29) is 6.42 Å². The quantitative estimate of drug-likeness (QED) is 0.258. The lowest BCUT2D eigenvalue weighted by atomic mass is 9.76. The molecule has 0 aliphatic carbocycles. The molecule has 0 spiro atoms. The van der Waals surface area contributed by atoms with Crippen molar-refractivity contribution >= 4 is 11.8 Å². The molecule has 0 saturated carbocycles. The van der Waals surface area contributed by atoms with Gasteiger partial charge < -0.3 is 21.3 Å². The van der Waals surface area contributed by atoms with Crippen molar-refractivity contribution in [2.75, 3.05) is 18.5 Å². The van der Waals surface area contributed by atoms with E-state index in [9.17, 15) is 28.2 Å². The normalized spacial score (nSPS) is 16.8. The van der Waals surface area contributed by atoms with Gasteiger partial charge in [0.1, 0.15) is 5.82 Å². The SMILES string of the molecule is CC(N)(CO)CC(C(=O)O)[C@H](CCCCCCc1ccc2c(n1)NCCC2)c1cccc(C(F)(F)F)c1. The van der Waals surface area contributed by atoms with Crippen LogP contribution in [0.1, 0.15) is 80.2 Å². The number of pyridine rings is 1. The third kappa shape index (κ3) is 8.43. The van der Waals surface area contributed by atoms with Crippen molar-refractivity contribution in [1.82, 2.24) is 4.98 Å². The number of hydrogen-bond acceptors (Lipinski definition) is 5. The number of aliphatic hydroxyl groups excluding tert-OH is 1. The first kappa shape index (κ1) is 28.9. The molecule has 0 bridgehead atoms. The summed E-state index contributed by atoms with van der Waals surface area (Å²) in [6, 6.07) is 9.10. The van der Waals surface area contributed by atoms with Gasteiger partial charge in [-0.2, -0.15) is 13.2 Å². The summed E-state index contributed by atoms with van der Waals surface area (Å²) in [6.45, 7) is 2.07. The molecule has 3 rings (SSSR count). The molecule has 3 atom stereocenters. The Kier molecular flexibility index (Phi) is 9.95. The fraction of sp³-hybridized carbons (Fsp3) is 0.571. The molecule has 9 heteroatoms. The molecule has 37 heavy (non-hydrogen) atoms. The highest BCUT2D eigenvalue weighted by molar-refractivity contribution is 5.71. The number of rotatable bonds is 13. The van der Waals surface area contributed by atoms with E-state index < -0.39 is 41.7 Å². The largest absolute Gasteiger partial charge is 0.481 e. The van der Waals surface area contributed by atoms with Crippen LogP contribution in [0.25, 0.3) is 0 Å². The fourth-order valence-electron chi connectivity index (χ4n) is 5.05. The van der Waals surface area contributed by atoms with Crippen LogP contribution in [0.3, 0.4) is 0 Å². The Balaban J connectivity index is 1.63. The predicted octanol–water partition coefficient (Wildman–Crippen LogP) is 5.54. The number of fused-ring (bicyclic) bond motifs is 1. The summed E-state index contributed by atoms with van der Waals surface area (Å²) in [7, 11) is 0. The van der Waals surface area contributed by atoms with Gasteiger partial charge >= 0.3 is 12.1 Å². The first-order valence-corrected chi connectivity index (χ1v) is 13.0. The number of aliphatic carboxylic acids is 1. The Morgan fingerprint density at radius 1 is 1.16 bits per heavy atom. The van der Waals surface area contributed by atoms with Crippen LogP contribution in [0.2, 0.25) is 0 Å². The van der Waals surface area contributed by atoms with Crippen molar-refractivity contribution in [2.24, 2.45) is 11.7 Å². The minimum atomic E-state index is -4.52. The summed E-state index contributed by atoms with van der Waals surface area (Å²) in [4.78, 5) is 16.9. The molecule has 1 aromatic carbocycles. The number of carboxylic acid groups (broad SMARTS) is 1. The molecule has 0 saturated heterocycles. The number of carbonyl (C=O) groups is 1. The number of aromatic nitrogens is 1. The Morgan fingerprint density at radius 3 is 2.62 bits per heavy atom. The number of halogens is 3. The lowest BCUT2D eigenvalue weighted by Crippen LogP contribution is -2.44. The third-order valence-corrected chi connectivity index (χ3v) is 7.14. The number of nitrogens with zero attached hydrogens (tertiary/aromatic N) is 1. The molecule has 204 valence electrons. The van der Waals surface area contributed by atoms with Crippen LogP contribution >= 0.6 is 0 Å². The van der Waals surface area contributed by atoms with E-state index in [4.69, 9.17) is 10.7 Å². The molecule has 2 heterocycles. The number of benzene rings is 1. The minimum absolute atomic E-state index is 0.0439. The van der Waals surface area contributed by atoms with Gasteiger partial charge in [0.15, 0.2) is 0 Å². The molecule has 0 amide bonds. The van der Waals surface area contributed by atoms with E-state index in [1.54, 1.807) is 13.0 Å².